The molecule has 6 N–H and O–H groups in total. The molecule has 4 aliphatic rings. The summed E-state index contributed by atoms with van der Waals surface area (Å²) >= 11 is 0. The molecule has 17 nitrogen and oxygen atoms in total. The number of piperazine rings is 1. The highest BCUT2D eigenvalue weighted by molar-refractivity contribution is 6.25. The number of fused-ring (bicyclic) bond motifs is 3. The number of imide groups is 1. The highest BCUT2D eigenvalue weighted by Crippen LogP contribution is 2.66. The van der Waals surface area contributed by atoms with E-state index < -0.39 is 71.5 Å². The second kappa shape index (κ2) is 22.1. The molecule has 6 aromatic carbocycles. The lowest BCUT2D eigenvalue weighted by atomic mass is 9.65. The first-order valence-corrected chi connectivity index (χ1v) is 25.6. The van der Waals surface area contributed by atoms with Crippen molar-refractivity contribution >= 4 is 52.8 Å². The summed E-state index contributed by atoms with van der Waals surface area (Å²) in [6, 6.07) is 41.5. The molecule has 1 unspecified atom stereocenters. The zero-order chi connectivity index (χ0) is 53.8. The van der Waals surface area contributed by atoms with Crippen LogP contribution in [0.4, 0.5) is 26.7 Å². The minimum absolute atomic E-state index is 0.0129. The molecule has 7 amide bonds. The molecule has 0 saturated carbocycles. The average Bonchev–Trinajstić information content (AvgIpc) is 2.64. The Labute approximate surface area is 445 Å². The molecule has 17 heteroatoms. The first-order valence-electron chi connectivity index (χ1n) is 25.6. The summed E-state index contributed by atoms with van der Waals surface area (Å²) in [5, 5.41) is 18.5. The van der Waals surface area contributed by atoms with Crippen molar-refractivity contribution < 1.29 is 43.3 Å². The molecule has 6 aromatic rings. The third kappa shape index (κ3) is 9.92. The number of esters is 1. The molecular formula is C60H58N8O9. The van der Waals surface area contributed by atoms with Gasteiger partial charge in [0.05, 0.1) is 42.9 Å². The summed E-state index contributed by atoms with van der Waals surface area (Å²) in [6.45, 7) is 5.25. The van der Waals surface area contributed by atoms with E-state index in [-0.39, 0.29) is 36.9 Å². The number of ether oxygens (including phenoxy) is 2. The summed E-state index contributed by atoms with van der Waals surface area (Å²) in [6.07, 6.45) is -0.973. The average molecular weight is 1040 g/mol. The fraction of sp³-hybridized carbons (Fsp3) is 0.267. The van der Waals surface area contributed by atoms with Crippen LogP contribution in [0.3, 0.4) is 0 Å². The number of cyclic esters (lactones) is 1. The number of carbonyl (C=O) groups excluding carboxylic acids is 6. The molecule has 3 fully saturated rings. The molecule has 3 saturated heterocycles. The van der Waals surface area contributed by atoms with E-state index in [0.29, 0.717) is 59.9 Å². The third-order valence-electron chi connectivity index (χ3n) is 14.9. The van der Waals surface area contributed by atoms with Crippen molar-refractivity contribution in [3.8, 4) is 17.6 Å². The number of primary amides is 1. The summed E-state index contributed by atoms with van der Waals surface area (Å²) in [7, 11) is 0. The summed E-state index contributed by atoms with van der Waals surface area (Å²) in [5.74, 6) is 2.44. The lowest BCUT2D eigenvalue weighted by Crippen LogP contribution is -2.55. The largest absolute Gasteiger partial charge is 0.491 e. The number of benzene rings is 6. The topological polar surface area (TPSA) is 216 Å². The molecule has 4 aliphatic heterocycles. The SMILES string of the molecule is CC(=O)N1CCN(c2ccc(NC(=O)[C@H]3C4C(=O)O[C@@H](c5ccccc5)[C@@H](c5ccccc5)N4[C@@H](c4cccc(OCCO)c4)[C@]34C(=O)N(C(=O)N[C@H](C)c3ccccc3)c3ccc(C#CCNC(N)=O)cc34)cc2)CC1. The maximum Gasteiger partial charge on any atom is 0.329 e. The van der Waals surface area contributed by atoms with Crippen LogP contribution in [0.15, 0.2) is 158 Å². The van der Waals surface area contributed by atoms with Crippen LogP contribution in [0, 0.1) is 17.8 Å². The monoisotopic (exact) mass is 1030 g/mol. The van der Waals surface area contributed by atoms with Crippen molar-refractivity contribution in [2.75, 3.05) is 61.1 Å². The van der Waals surface area contributed by atoms with Crippen molar-refractivity contribution in [3.63, 3.8) is 0 Å². The van der Waals surface area contributed by atoms with Crippen molar-refractivity contribution in [2.45, 2.75) is 49.5 Å². The standard InChI is InChI=1S/C60H58N8O9/c1-38(41-15-6-3-7-16-41)63-59(75)67-49-28-23-40(14-13-29-62-58(61)74)36-48(49)60(57(67)73)50(55(71)64-45-24-26-46(27-25-45)66-32-30-65(31-33-66)39(2)70)52-56(72)77-53(43-19-10-5-11-20-43)51(42-17-8-4-9-18-42)68(52)54(60)44-21-12-22-47(37-44)76-35-34-69/h3-12,15-28,36-38,50-54,69H,29-35H2,1-2H3,(H,63,75)(H,64,71)(H3,61,62,74)/t38-,50-,51-,52?,53+,54+,60-/m1/s1. The molecule has 1 spiro atoms. The Kier molecular flexibility index (Phi) is 14.8. The molecule has 0 aliphatic carbocycles. The number of rotatable bonds is 12. The number of anilines is 3. The van der Waals surface area contributed by atoms with Gasteiger partial charge in [-0.2, -0.15) is 0 Å². The number of nitrogens with one attached hydrogen (secondary N) is 3. The van der Waals surface area contributed by atoms with Crippen molar-refractivity contribution in [1.29, 1.82) is 0 Å². The predicted molar refractivity (Wildman–Crippen MR) is 288 cm³/mol. The van der Waals surface area contributed by atoms with Crippen molar-refractivity contribution in [1.82, 2.24) is 20.4 Å². The summed E-state index contributed by atoms with van der Waals surface area (Å²) < 4.78 is 12.7. The highest BCUT2D eigenvalue weighted by Gasteiger charge is 2.75. The Hall–Kier alpha value is -8.98. The van der Waals surface area contributed by atoms with E-state index in [1.54, 1.807) is 73.3 Å². The van der Waals surface area contributed by atoms with Gasteiger partial charge in [0.25, 0.3) is 0 Å². The van der Waals surface area contributed by atoms with Crippen LogP contribution in [0.1, 0.15) is 71.5 Å². The van der Waals surface area contributed by atoms with E-state index in [0.717, 1.165) is 16.2 Å². The van der Waals surface area contributed by atoms with Gasteiger partial charge in [0.2, 0.25) is 17.7 Å². The number of aliphatic hydroxyl groups is 1. The van der Waals surface area contributed by atoms with E-state index >= 15 is 19.2 Å². The first-order chi connectivity index (χ1) is 37.4. The predicted octanol–water partition coefficient (Wildman–Crippen LogP) is 6.52. The minimum Gasteiger partial charge on any atom is -0.491 e. The maximum atomic E-state index is 16.8. The van der Waals surface area contributed by atoms with Crippen LogP contribution in [0.2, 0.25) is 0 Å². The molecule has 392 valence electrons. The van der Waals surface area contributed by atoms with E-state index in [4.69, 9.17) is 15.2 Å². The van der Waals surface area contributed by atoms with Crippen LogP contribution >= 0.6 is 0 Å². The number of amides is 7. The molecule has 0 radical (unpaired) electrons. The number of hydrogen-bond acceptors (Lipinski definition) is 11. The normalized spacial score (nSPS) is 22.0. The second-order valence-electron chi connectivity index (χ2n) is 19.4. The lowest BCUT2D eigenvalue weighted by molar-refractivity contribution is -0.177. The minimum atomic E-state index is -2.13. The zero-order valence-corrected chi connectivity index (χ0v) is 42.5. The Balaban J connectivity index is 1.21. The van der Waals surface area contributed by atoms with Gasteiger partial charge < -0.3 is 46.1 Å². The second-order valence-corrected chi connectivity index (χ2v) is 19.4. The molecule has 10 rings (SSSR count). The zero-order valence-electron chi connectivity index (χ0n) is 42.5. The van der Waals surface area contributed by atoms with Gasteiger partial charge in [-0.05, 0) is 89.3 Å². The first kappa shape index (κ1) is 51.5. The van der Waals surface area contributed by atoms with Crippen LogP contribution in [0.25, 0.3) is 0 Å². The fourth-order valence-electron chi connectivity index (χ4n) is 11.5. The van der Waals surface area contributed by atoms with E-state index in [2.05, 4.69) is 32.7 Å². The van der Waals surface area contributed by atoms with Gasteiger partial charge in [0, 0.05) is 50.0 Å². The Bertz CT molecular complexity index is 3250. The Morgan fingerprint density at radius 1 is 0.792 bits per heavy atom. The van der Waals surface area contributed by atoms with Gasteiger partial charge in [-0.3, -0.25) is 24.1 Å². The molecule has 0 bridgehead atoms. The molecular weight excluding hydrogens is 977 g/mol. The molecule has 4 heterocycles. The lowest BCUT2D eigenvalue weighted by Gasteiger charge is -2.46. The Morgan fingerprint density at radius 2 is 1.45 bits per heavy atom. The third-order valence-corrected chi connectivity index (χ3v) is 14.9. The van der Waals surface area contributed by atoms with Crippen molar-refractivity contribution in [2.24, 2.45) is 11.7 Å². The van der Waals surface area contributed by atoms with E-state index in [9.17, 15) is 14.7 Å². The van der Waals surface area contributed by atoms with Gasteiger partial charge in [-0.1, -0.05) is 115 Å². The van der Waals surface area contributed by atoms with Gasteiger partial charge in [-0.25, -0.2) is 14.5 Å². The van der Waals surface area contributed by atoms with Gasteiger partial charge in [0.1, 0.15) is 29.9 Å². The maximum absolute atomic E-state index is 16.8. The number of hydrogen-bond donors (Lipinski definition) is 5. The van der Waals surface area contributed by atoms with Crippen molar-refractivity contribution in [3.05, 3.63) is 191 Å². The van der Waals surface area contributed by atoms with E-state index in [1.165, 1.54) is 0 Å². The summed E-state index contributed by atoms with van der Waals surface area (Å²) in [5.41, 5.74) is 7.84. The van der Waals surface area contributed by atoms with Gasteiger partial charge >= 0.3 is 18.0 Å². The number of nitrogens with zero attached hydrogens (tertiary/aromatic N) is 4. The fourth-order valence-corrected chi connectivity index (χ4v) is 11.5. The van der Waals surface area contributed by atoms with Gasteiger partial charge in [-0.15, -0.1) is 0 Å². The van der Waals surface area contributed by atoms with Crippen LogP contribution in [0.5, 0.6) is 5.75 Å². The van der Waals surface area contributed by atoms with Crippen LogP contribution in [-0.4, -0.2) is 103 Å². The molecule has 0 aromatic heterocycles. The van der Waals surface area contributed by atoms with Crippen LogP contribution in [-0.2, 0) is 29.3 Å². The Morgan fingerprint density at radius 3 is 2.12 bits per heavy atom. The molecule has 77 heavy (non-hydrogen) atoms. The number of aliphatic hydroxyl groups excluding tert-OH is 1. The highest BCUT2D eigenvalue weighted by atomic mass is 16.6. The number of urea groups is 2. The molecule has 7 atom stereocenters. The number of morpholine rings is 1. The van der Waals surface area contributed by atoms with Gasteiger partial charge in [0.15, 0.2) is 0 Å². The quantitative estimate of drug-likeness (QED) is 0.0657. The smallest absolute Gasteiger partial charge is 0.329 e. The number of nitrogens with two attached hydrogens (primary N) is 1. The van der Waals surface area contributed by atoms with Crippen LogP contribution < -0.4 is 36.2 Å². The van der Waals surface area contributed by atoms with E-state index in [1.807, 2.05) is 108 Å². The number of carbonyl (C=O) groups is 6. The summed E-state index contributed by atoms with van der Waals surface area (Å²) in [4.78, 5) is 94.7.